The molecule has 0 aromatic rings. The summed E-state index contributed by atoms with van der Waals surface area (Å²) in [6, 6.07) is 0.211. The first-order chi connectivity index (χ1) is 12.0. The number of rotatable bonds is 9. The van der Waals surface area contributed by atoms with Gasteiger partial charge in [-0.15, -0.1) is 4.72 Å². The standard InChI is InChI=1S/C18H33N3O3S/c1-14(2)25(24)19-12-4-3-6-17(22)20-15-8-10-16(11-9-15)21-13-5-7-18(21)23/h10,14-15,18-19,23H,3-9,11-13H2,1-2H3,(H,20,22). The van der Waals surface area contributed by atoms with Gasteiger partial charge in [-0.2, -0.15) is 0 Å². The number of carbonyl (C=O) groups excluding carboxylic acids is 1. The lowest BCUT2D eigenvalue weighted by Gasteiger charge is -2.31. The van der Waals surface area contributed by atoms with Crippen LogP contribution in [0.15, 0.2) is 11.8 Å². The molecule has 3 N–H and O–H groups in total. The molecule has 1 heterocycles. The molecule has 0 bridgehead atoms. The van der Waals surface area contributed by atoms with Gasteiger partial charge in [0.15, 0.2) is 0 Å². The zero-order valence-electron chi connectivity index (χ0n) is 15.5. The Morgan fingerprint density at radius 3 is 2.84 bits per heavy atom. The van der Waals surface area contributed by atoms with E-state index in [0.29, 0.717) is 13.0 Å². The number of aliphatic hydroxyl groups excluding tert-OH is 1. The largest absolute Gasteiger partial charge is 0.598 e. The smallest absolute Gasteiger partial charge is 0.220 e. The maximum absolute atomic E-state index is 12.0. The van der Waals surface area contributed by atoms with Crippen LogP contribution in [0.4, 0.5) is 0 Å². The summed E-state index contributed by atoms with van der Waals surface area (Å²) in [5.74, 6) is 0.105. The van der Waals surface area contributed by atoms with Crippen molar-refractivity contribution in [2.45, 2.75) is 82.7 Å². The molecule has 1 aliphatic heterocycles. The molecule has 2 aliphatic rings. The van der Waals surface area contributed by atoms with E-state index in [4.69, 9.17) is 0 Å². The Morgan fingerprint density at radius 2 is 2.24 bits per heavy atom. The van der Waals surface area contributed by atoms with Crippen LogP contribution in [0.2, 0.25) is 0 Å². The van der Waals surface area contributed by atoms with Crippen molar-refractivity contribution in [3.63, 3.8) is 0 Å². The average molecular weight is 372 g/mol. The molecule has 0 spiro atoms. The number of hydrogen-bond acceptors (Lipinski definition) is 5. The van der Waals surface area contributed by atoms with Crippen molar-refractivity contribution < 1.29 is 14.5 Å². The molecule has 144 valence electrons. The van der Waals surface area contributed by atoms with E-state index in [1.165, 1.54) is 5.70 Å². The van der Waals surface area contributed by atoms with Gasteiger partial charge in [-0.05, 0) is 58.8 Å². The van der Waals surface area contributed by atoms with E-state index in [0.717, 1.165) is 51.5 Å². The quantitative estimate of drug-likeness (QED) is 0.425. The third kappa shape index (κ3) is 6.81. The highest BCUT2D eigenvalue weighted by atomic mass is 32.2. The zero-order chi connectivity index (χ0) is 18.2. The van der Waals surface area contributed by atoms with Gasteiger partial charge in [0.1, 0.15) is 11.5 Å². The summed E-state index contributed by atoms with van der Waals surface area (Å²) in [6.45, 7) is 5.47. The molecule has 1 aliphatic carbocycles. The fourth-order valence-corrected chi connectivity index (χ4v) is 4.03. The van der Waals surface area contributed by atoms with Gasteiger partial charge >= 0.3 is 0 Å². The fourth-order valence-electron chi connectivity index (χ4n) is 3.35. The van der Waals surface area contributed by atoms with Crippen LogP contribution in [-0.4, -0.2) is 51.1 Å². The Labute approximate surface area is 154 Å². The molecule has 1 amide bonds. The number of hydrogen-bond donors (Lipinski definition) is 3. The molecule has 6 nitrogen and oxygen atoms in total. The molecule has 1 fully saturated rings. The van der Waals surface area contributed by atoms with Crippen LogP contribution in [0.3, 0.4) is 0 Å². The molecule has 0 aromatic carbocycles. The number of allylic oxidation sites excluding steroid dienone is 1. The molecule has 3 atom stereocenters. The van der Waals surface area contributed by atoms with Gasteiger partial charge in [-0.25, -0.2) is 0 Å². The van der Waals surface area contributed by atoms with Crippen LogP contribution in [-0.2, 0) is 16.2 Å². The van der Waals surface area contributed by atoms with Crippen LogP contribution in [0.5, 0.6) is 0 Å². The van der Waals surface area contributed by atoms with E-state index in [-0.39, 0.29) is 23.4 Å². The summed E-state index contributed by atoms with van der Waals surface area (Å²) in [6.07, 6.45) is 8.66. The maximum atomic E-state index is 12.0. The van der Waals surface area contributed by atoms with Gasteiger partial charge in [-0.3, -0.25) is 4.79 Å². The molecule has 0 saturated carbocycles. The summed E-state index contributed by atoms with van der Waals surface area (Å²) in [4.78, 5) is 14.1. The number of unbranched alkanes of at least 4 members (excludes halogenated alkanes) is 1. The Bertz CT molecular complexity index is 459. The van der Waals surface area contributed by atoms with Gasteiger partial charge in [0, 0.05) is 42.6 Å². The lowest BCUT2D eigenvalue weighted by molar-refractivity contribution is -0.122. The second-order valence-electron chi connectivity index (χ2n) is 7.25. The highest BCUT2D eigenvalue weighted by Gasteiger charge is 2.26. The average Bonchev–Trinajstić information content (AvgIpc) is 3.01. The number of aliphatic hydroxyl groups is 1. The molecule has 1 saturated heterocycles. The van der Waals surface area contributed by atoms with E-state index in [1.54, 1.807) is 0 Å². The normalized spacial score (nSPS) is 25.2. The first-order valence-electron chi connectivity index (χ1n) is 9.54. The summed E-state index contributed by atoms with van der Waals surface area (Å²) in [5.41, 5.74) is 1.24. The number of nitrogens with one attached hydrogen (secondary N) is 2. The molecule has 7 heteroatoms. The number of nitrogens with zero attached hydrogens (tertiary/aromatic N) is 1. The number of carbonyl (C=O) groups is 1. The van der Waals surface area contributed by atoms with Crippen molar-refractivity contribution in [3.05, 3.63) is 11.8 Å². The first-order valence-corrected chi connectivity index (χ1v) is 10.8. The maximum Gasteiger partial charge on any atom is 0.220 e. The van der Waals surface area contributed by atoms with Crippen molar-refractivity contribution in [1.82, 2.24) is 14.9 Å². The first kappa shape index (κ1) is 20.6. The second-order valence-corrected chi connectivity index (χ2v) is 9.07. The molecule has 0 radical (unpaired) electrons. The summed E-state index contributed by atoms with van der Waals surface area (Å²) in [7, 11) is 0. The Kier molecular flexibility index (Phi) is 8.55. The van der Waals surface area contributed by atoms with Gasteiger partial charge in [0.2, 0.25) is 5.91 Å². The summed E-state index contributed by atoms with van der Waals surface area (Å²) >= 11 is -0.978. The third-order valence-electron chi connectivity index (χ3n) is 4.85. The lowest BCUT2D eigenvalue weighted by Crippen LogP contribution is -2.38. The molecule has 3 unspecified atom stereocenters. The predicted octanol–water partition coefficient (Wildman–Crippen LogP) is 1.79. The number of likely N-dealkylation sites (tertiary alicyclic amines) is 1. The minimum atomic E-state index is -0.978. The minimum absolute atomic E-state index is 0.105. The highest BCUT2D eigenvalue weighted by Crippen LogP contribution is 2.27. The minimum Gasteiger partial charge on any atom is -0.598 e. The Hall–Kier alpha value is -0.760. The topological polar surface area (TPSA) is 87.7 Å². The van der Waals surface area contributed by atoms with E-state index in [2.05, 4.69) is 21.0 Å². The summed E-state index contributed by atoms with van der Waals surface area (Å²) in [5, 5.41) is 13.2. The second kappa shape index (κ2) is 10.4. The van der Waals surface area contributed by atoms with Gasteiger partial charge in [0.25, 0.3) is 0 Å². The van der Waals surface area contributed by atoms with E-state index < -0.39 is 11.4 Å². The predicted molar refractivity (Wildman–Crippen MR) is 101 cm³/mol. The molecule has 0 aromatic heterocycles. The molecule has 25 heavy (non-hydrogen) atoms. The van der Waals surface area contributed by atoms with Crippen molar-refractivity contribution in [3.8, 4) is 0 Å². The lowest BCUT2D eigenvalue weighted by atomic mass is 9.98. The fraction of sp³-hybridized carbons (Fsp3) is 0.833. The van der Waals surface area contributed by atoms with Crippen molar-refractivity contribution in [2.24, 2.45) is 0 Å². The van der Waals surface area contributed by atoms with Gasteiger partial charge in [-0.1, -0.05) is 6.08 Å². The van der Waals surface area contributed by atoms with Crippen LogP contribution in [0.25, 0.3) is 0 Å². The van der Waals surface area contributed by atoms with Crippen LogP contribution >= 0.6 is 0 Å². The van der Waals surface area contributed by atoms with Crippen molar-refractivity contribution in [2.75, 3.05) is 13.1 Å². The van der Waals surface area contributed by atoms with Crippen LogP contribution in [0.1, 0.15) is 65.2 Å². The molecular weight excluding hydrogens is 338 g/mol. The Balaban J connectivity index is 1.58. The van der Waals surface area contributed by atoms with Crippen LogP contribution in [0, 0.1) is 0 Å². The van der Waals surface area contributed by atoms with Gasteiger partial charge < -0.3 is 19.9 Å². The molecular formula is C18H33N3O3S. The zero-order valence-corrected chi connectivity index (χ0v) is 16.3. The van der Waals surface area contributed by atoms with E-state index >= 15 is 0 Å². The van der Waals surface area contributed by atoms with E-state index in [9.17, 15) is 14.5 Å². The SMILES string of the molecule is CC(C)[S+]([O-])NCCCCC(=O)NC1CC=C(N2CCCC2O)CC1. The van der Waals surface area contributed by atoms with Crippen molar-refractivity contribution >= 4 is 17.3 Å². The van der Waals surface area contributed by atoms with Gasteiger partial charge in [0.05, 0.1) is 0 Å². The molecule has 2 rings (SSSR count). The van der Waals surface area contributed by atoms with Crippen molar-refractivity contribution in [1.29, 1.82) is 0 Å². The summed E-state index contributed by atoms with van der Waals surface area (Å²) < 4.78 is 14.5. The highest BCUT2D eigenvalue weighted by molar-refractivity contribution is 7.90. The van der Waals surface area contributed by atoms with E-state index in [1.807, 2.05) is 13.8 Å². The Morgan fingerprint density at radius 1 is 1.44 bits per heavy atom. The monoisotopic (exact) mass is 371 g/mol. The number of amides is 1. The van der Waals surface area contributed by atoms with Crippen LogP contribution < -0.4 is 10.0 Å². The third-order valence-corrected chi connectivity index (χ3v) is 6.19.